The summed E-state index contributed by atoms with van der Waals surface area (Å²) in [6.45, 7) is 30.2. The van der Waals surface area contributed by atoms with E-state index in [1.54, 1.807) is 5.57 Å². The first kappa shape index (κ1) is 31.5. The zero-order valence-electron chi connectivity index (χ0n) is 27.2. The van der Waals surface area contributed by atoms with Gasteiger partial charge in [0.05, 0.1) is 6.10 Å². The Bertz CT molecular complexity index is 922. The normalized spacial score (nSPS) is 39.4. The standard InChI is InChI=1S/C35H62O2Si2/c1-12-38(8,9)36-28-19-21-34(6)27(23-28)24-32(37-39(10,11)13-2)33-30-18-17-29(26(5)16-14-15-25(3)4)35(30,7)22-20-31(33)34/h12-13,24-26,28-33H,1-2,14-23H2,3-11H3/t26-,28+,29-,30?,31+,32+,33?,34+,35-/m1/s1. The molecular weight excluding hydrogens is 509 g/mol. The van der Waals surface area contributed by atoms with Crippen LogP contribution >= 0.6 is 0 Å². The summed E-state index contributed by atoms with van der Waals surface area (Å²) in [5, 5.41) is 0. The lowest BCUT2D eigenvalue weighted by molar-refractivity contribution is -0.0920. The van der Waals surface area contributed by atoms with Crippen LogP contribution in [0.4, 0.5) is 0 Å². The number of hydrogen-bond donors (Lipinski definition) is 0. The van der Waals surface area contributed by atoms with E-state index in [-0.39, 0.29) is 6.10 Å². The fourth-order valence-electron chi connectivity index (χ4n) is 9.70. The fraction of sp³-hybridized carbons (Fsp3) is 0.829. The minimum atomic E-state index is -1.94. The zero-order valence-corrected chi connectivity index (χ0v) is 29.2. The van der Waals surface area contributed by atoms with E-state index in [2.05, 4.69) is 91.4 Å². The van der Waals surface area contributed by atoms with E-state index in [4.69, 9.17) is 8.85 Å². The van der Waals surface area contributed by atoms with E-state index < -0.39 is 16.6 Å². The summed E-state index contributed by atoms with van der Waals surface area (Å²) in [5.41, 5.74) is 6.65. The molecule has 0 aromatic carbocycles. The van der Waals surface area contributed by atoms with Crippen molar-refractivity contribution >= 4 is 16.6 Å². The first-order chi connectivity index (χ1) is 18.2. The molecule has 222 valence electrons. The monoisotopic (exact) mass is 570 g/mol. The summed E-state index contributed by atoms with van der Waals surface area (Å²) in [7, 11) is -3.74. The van der Waals surface area contributed by atoms with Crippen LogP contribution in [0.2, 0.25) is 26.2 Å². The third-order valence-corrected chi connectivity index (χ3v) is 15.9. The molecule has 0 radical (unpaired) electrons. The Morgan fingerprint density at radius 1 is 0.897 bits per heavy atom. The molecule has 2 unspecified atom stereocenters. The van der Waals surface area contributed by atoms with Gasteiger partial charge in [-0.05, 0) is 117 Å². The number of rotatable bonds is 11. The maximum atomic E-state index is 7.19. The van der Waals surface area contributed by atoms with Crippen LogP contribution in [-0.2, 0) is 8.85 Å². The van der Waals surface area contributed by atoms with Crippen LogP contribution < -0.4 is 0 Å². The van der Waals surface area contributed by atoms with Gasteiger partial charge in [0.2, 0.25) is 16.6 Å². The quantitative estimate of drug-likeness (QED) is 0.182. The van der Waals surface area contributed by atoms with Crippen molar-refractivity contribution in [3.63, 3.8) is 0 Å². The molecule has 39 heavy (non-hydrogen) atoms. The highest BCUT2D eigenvalue weighted by Crippen LogP contribution is 2.68. The second kappa shape index (κ2) is 11.7. The SMILES string of the molecule is C=C[Si](C)(C)O[C@H]1CC[C@@]2(C)C(=C[C@H](O[Si](C)(C)C=C)C3C4CC[C@H]([C@H](C)CCCC(C)C)[C@@]4(C)CC[C@@H]32)C1. The molecule has 3 fully saturated rings. The van der Waals surface area contributed by atoms with Crippen LogP contribution in [-0.4, -0.2) is 28.8 Å². The molecule has 3 saturated carbocycles. The fourth-order valence-corrected chi connectivity index (χ4v) is 11.9. The summed E-state index contributed by atoms with van der Waals surface area (Å²) < 4.78 is 13.9. The Morgan fingerprint density at radius 2 is 1.56 bits per heavy atom. The van der Waals surface area contributed by atoms with E-state index in [0.717, 1.165) is 36.0 Å². The van der Waals surface area contributed by atoms with Crippen molar-refractivity contribution in [2.75, 3.05) is 0 Å². The summed E-state index contributed by atoms with van der Waals surface area (Å²) in [4.78, 5) is 0. The van der Waals surface area contributed by atoms with Crippen molar-refractivity contribution in [3.8, 4) is 0 Å². The minimum absolute atomic E-state index is 0.237. The highest BCUT2D eigenvalue weighted by molar-refractivity contribution is 6.76. The van der Waals surface area contributed by atoms with Crippen LogP contribution in [0.25, 0.3) is 0 Å². The van der Waals surface area contributed by atoms with Crippen molar-refractivity contribution in [1.82, 2.24) is 0 Å². The van der Waals surface area contributed by atoms with Crippen molar-refractivity contribution in [3.05, 3.63) is 36.2 Å². The molecule has 0 saturated heterocycles. The van der Waals surface area contributed by atoms with E-state index in [9.17, 15) is 0 Å². The van der Waals surface area contributed by atoms with Gasteiger partial charge in [0, 0.05) is 6.10 Å². The van der Waals surface area contributed by atoms with Gasteiger partial charge < -0.3 is 8.85 Å². The molecule has 0 aromatic heterocycles. The van der Waals surface area contributed by atoms with Gasteiger partial charge in [0.25, 0.3) is 0 Å². The van der Waals surface area contributed by atoms with Crippen LogP contribution in [0.3, 0.4) is 0 Å². The molecule has 4 rings (SSSR count). The Hall–Kier alpha value is -0.426. The van der Waals surface area contributed by atoms with Gasteiger partial charge in [0.15, 0.2) is 0 Å². The largest absolute Gasteiger partial charge is 0.410 e. The third-order valence-electron chi connectivity index (χ3n) is 12.2. The van der Waals surface area contributed by atoms with Gasteiger partial charge in [-0.15, -0.1) is 13.2 Å². The summed E-state index contributed by atoms with van der Waals surface area (Å²) in [6, 6.07) is 0. The molecule has 0 amide bonds. The molecule has 0 aliphatic heterocycles. The van der Waals surface area contributed by atoms with Gasteiger partial charge in [-0.3, -0.25) is 0 Å². The predicted octanol–water partition coefficient (Wildman–Crippen LogP) is 10.3. The predicted molar refractivity (Wildman–Crippen MR) is 174 cm³/mol. The smallest absolute Gasteiger partial charge is 0.211 e. The molecule has 0 spiro atoms. The average Bonchev–Trinajstić information content (AvgIpc) is 3.21. The summed E-state index contributed by atoms with van der Waals surface area (Å²) in [5.74, 6) is 4.69. The van der Waals surface area contributed by atoms with Crippen molar-refractivity contribution in [1.29, 1.82) is 0 Å². The molecule has 4 aliphatic rings. The Morgan fingerprint density at radius 3 is 2.21 bits per heavy atom. The van der Waals surface area contributed by atoms with Gasteiger partial charge in [-0.1, -0.05) is 76.9 Å². The molecule has 9 atom stereocenters. The molecule has 0 aromatic rings. The van der Waals surface area contributed by atoms with E-state index >= 15 is 0 Å². The van der Waals surface area contributed by atoms with Gasteiger partial charge in [-0.2, -0.15) is 0 Å². The summed E-state index contributed by atoms with van der Waals surface area (Å²) >= 11 is 0. The maximum absolute atomic E-state index is 7.19. The molecule has 0 heterocycles. The van der Waals surface area contributed by atoms with Gasteiger partial charge in [-0.25, -0.2) is 0 Å². The lowest BCUT2D eigenvalue weighted by Crippen LogP contribution is -2.57. The van der Waals surface area contributed by atoms with Crippen LogP contribution in [0.1, 0.15) is 98.8 Å². The molecular formula is C35H62O2Si2. The van der Waals surface area contributed by atoms with Crippen molar-refractivity contribution in [2.24, 2.45) is 46.3 Å². The highest BCUT2D eigenvalue weighted by Gasteiger charge is 2.61. The van der Waals surface area contributed by atoms with Crippen LogP contribution in [0, 0.1) is 46.3 Å². The van der Waals surface area contributed by atoms with E-state index in [1.165, 1.54) is 57.8 Å². The second-order valence-electron chi connectivity index (χ2n) is 16.1. The molecule has 4 heteroatoms. The number of hydrogen-bond acceptors (Lipinski definition) is 2. The first-order valence-corrected chi connectivity index (χ1v) is 22.5. The van der Waals surface area contributed by atoms with Crippen LogP contribution in [0.5, 0.6) is 0 Å². The van der Waals surface area contributed by atoms with Crippen molar-refractivity contribution in [2.45, 2.75) is 137 Å². The molecule has 0 bridgehead atoms. The molecule has 0 N–H and O–H groups in total. The third kappa shape index (κ3) is 6.34. The average molecular weight is 571 g/mol. The lowest BCUT2D eigenvalue weighted by Gasteiger charge is -2.61. The molecule has 4 aliphatic carbocycles. The Kier molecular flexibility index (Phi) is 9.44. The van der Waals surface area contributed by atoms with E-state index in [0.29, 0.717) is 22.9 Å². The second-order valence-corrected chi connectivity index (χ2v) is 23.8. The van der Waals surface area contributed by atoms with Crippen molar-refractivity contribution < 1.29 is 8.85 Å². The maximum Gasteiger partial charge on any atom is 0.211 e. The van der Waals surface area contributed by atoms with Gasteiger partial charge in [0.1, 0.15) is 0 Å². The van der Waals surface area contributed by atoms with Gasteiger partial charge >= 0.3 is 0 Å². The minimum Gasteiger partial charge on any atom is -0.410 e. The Balaban J connectivity index is 1.63. The lowest BCUT2D eigenvalue weighted by atomic mass is 9.46. The topological polar surface area (TPSA) is 18.5 Å². The summed E-state index contributed by atoms with van der Waals surface area (Å²) in [6.07, 6.45) is 16.5. The zero-order chi connectivity index (χ0) is 28.8. The highest BCUT2D eigenvalue weighted by atomic mass is 28.4. The number of fused-ring (bicyclic) bond motifs is 5. The Labute approximate surface area is 244 Å². The molecule has 2 nitrogen and oxygen atoms in total. The first-order valence-electron chi connectivity index (χ1n) is 16.5. The van der Waals surface area contributed by atoms with E-state index in [1.807, 2.05) is 0 Å². The van der Waals surface area contributed by atoms with Crippen LogP contribution in [0.15, 0.2) is 36.2 Å².